The van der Waals surface area contributed by atoms with Gasteiger partial charge in [-0.25, -0.2) is 4.98 Å². The van der Waals surface area contributed by atoms with E-state index in [1.807, 2.05) is 17.9 Å². The van der Waals surface area contributed by atoms with Gasteiger partial charge in [-0.2, -0.15) is 5.10 Å². The Bertz CT molecular complexity index is 862. The molecule has 0 radical (unpaired) electrons. The fourth-order valence-electron chi connectivity index (χ4n) is 4.09. The van der Waals surface area contributed by atoms with Gasteiger partial charge in [-0.15, -0.1) is 0 Å². The van der Waals surface area contributed by atoms with Gasteiger partial charge in [0.2, 0.25) is 0 Å². The zero-order valence-electron chi connectivity index (χ0n) is 19.9. The largest absolute Gasteiger partial charge is 0.354 e. The van der Waals surface area contributed by atoms with Crippen LogP contribution >= 0.6 is 0 Å². The fourth-order valence-corrected chi connectivity index (χ4v) is 4.09. The van der Waals surface area contributed by atoms with Crippen LogP contribution in [-0.4, -0.2) is 71.4 Å². The molecule has 1 aliphatic rings. The van der Waals surface area contributed by atoms with Crippen LogP contribution in [0.5, 0.6) is 0 Å². The smallest absolute Gasteiger partial charge is 0.191 e. The molecule has 1 fully saturated rings. The SMILES string of the molecule is CCN1CCN(c2ccc(CNC(=NC)NC(C)Cc3c(C)nn(C)c3C)cn2)CC1. The summed E-state index contributed by atoms with van der Waals surface area (Å²) < 4.78 is 1.95. The van der Waals surface area contributed by atoms with Crippen molar-refractivity contribution in [2.45, 2.75) is 46.7 Å². The monoisotopic (exact) mass is 426 g/mol. The maximum atomic E-state index is 4.69. The van der Waals surface area contributed by atoms with Crippen molar-refractivity contribution in [1.82, 2.24) is 30.3 Å². The molecule has 2 aromatic heterocycles. The van der Waals surface area contributed by atoms with Crippen LogP contribution < -0.4 is 15.5 Å². The van der Waals surface area contributed by atoms with Crippen molar-refractivity contribution in [2.24, 2.45) is 12.0 Å². The van der Waals surface area contributed by atoms with Crippen molar-refractivity contribution in [1.29, 1.82) is 0 Å². The molecular formula is C23H38N8. The molecule has 8 heteroatoms. The van der Waals surface area contributed by atoms with E-state index in [-0.39, 0.29) is 6.04 Å². The molecule has 0 amide bonds. The molecule has 2 aromatic rings. The normalized spacial score (nSPS) is 16.5. The number of pyridine rings is 1. The van der Waals surface area contributed by atoms with Crippen molar-refractivity contribution in [3.05, 3.63) is 40.8 Å². The van der Waals surface area contributed by atoms with E-state index in [1.54, 1.807) is 7.05 Å². The average Bonchev–Trinajstić information content (AvgIpc) is 3.03. The average molecular weight is 427 g/mol. The lowest BCUT2D eigenvalue weighted by atomic mass is 10.1. The number of piperazine rings is 1. The summed E-state index contributed by atoms with van der Waals surface area (Å²) in [5.74, 6) is 1.87. The third-order valence-electron chi connectivity index (χ3n) is 6.19. The highest BCUT2D eigenvalue weighted by molar-refractivity contribution is 5.79. The maximum Gasteiger partial charge on any atom is 0.191 e. The van der Waals surface area contributed by atoms with Crippen LogP contribution in [0.1, 0.15) is 36.4 Å². The number of likely N-dealkylation sites (N-methyl/N-ethyl adjacent to an activating group) is 1. The van der Waals surface area contributed by atoms with E-state index in [4.69, 9.17) is 4.98 Å². The van der Waals surface area contributed by atoms with Crippen LogP contribution in [0.25, 0.3) is 0 Å². The van der Waals surface area contributed by atoms with Gasteiger partial charge in [-0.3, -0.25) is 9.67 Å². The van der Waals surface area contributed by atoms with E-state index >= 15 is 0 Å². The van der Waals surface area contributed by atoms with Gasteiger partial charge in [-0.1, -0.05) is 13.0 Å². The van der Waals surface area contributed by atoms with Crippen molar-refractivity contribution in [3.8, 4) is 0 Å². The number of hydrogen-bond acceptors (Lipinski definition) is 5. The molecule has 1 aliphatic heterocycles. The Kier molecular flexibility index (Phi) is 7.90. The second kappa shape index (κ2) is 10.6. The summed E-state index contributed by atoms with van der Waals surface area (Å²) in [5.41, 5.74) is 4.76. The van der Waals surface area contributed by atoms with Gasteiger partial charge in [0.15, 0.2) is 5.96 Å². The first kappa shape index (κ1) is 23.1. The summed E-state index contributed by atoms with van der Waals surface area (Å²) in [6.45, 7) is 14.7. The van der Waals surface area contributed by atoms with Gasteiger partial charge in [-0.05, 0) is 50.9 Å². The first-order chi connectivity index (χ1) is 14.9. The minimum Gasteiger partial charge on any atom is -0.354 e. The molecule has 31 heavy (non-hydrogen) atoms. The van der Waals surface area contributed by atoms with E-state index in [0.29, 0.717) is 6.54 Å². The van der Waals surface area contributed by atoms with E-state index in [1.165, 1.54) is 11.3 Å². The van der Waals surface area contributed by atoms with Crippen LogP contribution in [0.2, 0.25) is 0 Å². The van der Waals surface area contributed by atoms with Crippen molar-refractivity contribution in [2.75, 3.05) is 44.7 Å². The first-order valence-corrected chi connectivity index (χ1v) is 11.3. The van der Waals surface area contributed by atoms with Gasteiger partial charge >= 0.3 is 0 Å². The molecule has 0 bridgehead atoms. The molecule has 3 heterocycles. The van der Waals surface area contributed by atoms with E-state index in [2.05, 4.69) is 70.4 Å². The van der Waals surface area contributed by atoms with Gasteiger partial charge in [0.1, 0.15) is 5.82 Å². The Balaban J connectivity index is 1.49. The number of nitrogens with zero attached hydrogens (tertiary/aromatic N) is 6. The summed E-state index contributed by atoms with van der Waals surface area (Å²) in [6.07, 6.45) is 2.88. The molecule has 8 nitrogen and oxygen atoms in total. The highest BCUT2D eigenvalue weighted by atomic mass is 15.3. The lowest BCUT2D eigenvalue weighted by Gasteiger charge is -2.34. The Morgan fingerprint density at radius 1 is 1.19 bits per heavy atom. The highest BCUT2D eigenvalue weighted by Crippen LogP contribution is 2.15. The molecule has 170 valence electrons. The second-order valence-corrected chi connectivity index (χ2v) is 8.39. The van der Waals surface area contributed by atoms with Crippen LogP contribution in [0.3, 0.4) is 0 Å². The van der Waals surface area contributed by atoms with Crippen LogP contribution in [0.15, 0.2) is 23.3 Å². The lowest BCUT2D eigenvalue weighted by Crippen LogP contribution is -2.46. The molecule has 1 saturated heterocycles. The number of nitrogens with one attached hydrogen (secondary N) is 2. The number of guanidine groups is 1. The number of rotatable bonds is 7. The van der Waals surface area contributed by atoms with E-state index in [9.17, 15) is 0 Å². The minimum atomic E-state index is 0.245. The zero-order valence-corrected chi connectivity index (χ0v) is 19.9. The Morgan fingerprint density at radius 2 is 1.94 bits per heavy atom. The molecule has 0 saturated carbocycles. The highest BCUT2D eigenvalue weighted by Gasteiger charge is 2.17. The molecule has 0 aromatic carbocycles. The molecule has 2 N–H and O–H groups in total. The second-order valence-electron chi connectivity index (χ2n) is 8.39. The summed E-state index contributed by atoms with van der Waals surface area (Å²) in [5, 5.41) is 11.4. The van der Waals surface area contributed by atoms with Crippen LogP contribution in [0, 0.1) is 13.8 Å². The third kappa shape index (κ3) is 5.97. The van der Waals surface area contributed by atoms with Gasteiger partial charge < -0.3 is 20.4 Å². The van der Waals surface area contributed by atoms with Crippen LogP contribution in [-0.2, 0) is 20.0 Å². The van der Waals surface area contributed by atoms with E-state index < -0.39 is 0 Å². The maximum absolute atomic E-state index is 4.69. The number of anilines is 1. The van der Waals surface area contributed by atoms with Gasteiger partial charge in [0.05, 0.1) is 5.69 Å². The topological polar surface area (TPSA) is 73.6 Å². The Morgan fingerprint density at radius 3 is 2.48 bits per heavy atom. The van der Waals surface area contributed by atoms with Gasteiger partial charge in [0.25, 0.3) is 0 Å². The van der Waals surface area contributed by atoms with Crippen LogP contribution in [0.4, 0.5) is 5.82 Å². The predicted octanol–water partition coefficient (Wildman–Crippen LogP) is 1.87. The third-order valence-corrected chi connectivity index (χ3v) is 6.19. The summed E-state index contributed by atoms with van der Waals surface area (Å²) in [6, 6.07) is 4.53. The zero-order chi connectivity index (χ0) is 22.4. The standard InChI is InChI=1S/C23H38N8/c1-7-30-10-12-31(13-11-30)22-9-8-20(15-25-22)16-26-23(24-5)27-17(2)14-21-18(3)28-29(6)19(21)4/h8-9,15,17H,7,10-14,16H2,1-6H3,(H2,24,26,27). The molecule has 3 rings (SSSR count). The Labute approximate surface area is 186 Å². The summed E-state index contributed by atoms with van der Waals surface area (Å²) in [7, 11) is 3.80. The molecule has 1 atom stereocenters. The number of aromatic nitrogens is 3. The molecule has 0 spiro atoms. The van der Waals surface area contributed by atoms with E-state index in [0.717, 1.165) is 62.2 Å². The fraction of sp³-hybridized carbons (Fsp3) is 0.609. The first-order valence-electron chi connectivity index (χ1n) is 11.3. The summed E-state index contributed by atoms with van der Waals surface area (Å²) >= 11 is 0. The molecule has 0 aliphatic carbocycles. The number of aliphatic imine (C=N–C) groups is 1. The quantitative estimate of drug-likeness (QED) is 0.520. The minimum absolute atomic E-state index is 0.245. The number of aryl methyl sites for hydroxylation is 2. The molecule has 1 unspecified atom stereocenters. The predicted molar refractivity (Wildman–Crippen MR) is 128 cm³/mol. The van der Waals surface area contributed by atoms with Crippen molar-refractivity contribution in [3.63, 3.8) is 0 Å². The van der Waals surface area contributed by atoms with Gasteiger partial charge in [0, 0.05) is 64.8 Å². The lowest BCUT2D eigenvalue weighted by molar-refractivity contribution is 0.270. The van der Waals surface area contributed by atoms with Crippen molar-refractivity contribution < 1.29 is 0 Å². The number of hydrogen-bond donors (Lipinski definition) is 2. The summed E-state index contributed by atoms with van der Waals surface area (Å²) in [4.78, 5) is 13.9. The molecular weight excluding hydrogens is 388 g/mol. The van der Waals surface area contributed by atoms with Crippen molar-refractivity contribution >= 4 is 11.8 Å². The Hall–Kier alpha value is -2.61.